The number of benzene rings is 2. The molecule has 2 unspecified atom stereocenters. The fourth-order valence-corrected chi connectivity index (χ4v) is 8.50. The third kappa shape index (κ3) is 7.01. The number of carbonyl (C=O) groups excluding carboxylic acids is 2. The van der Waals surface area contributed by atoms with E-state index in [1.807, 2.05) is 9.80 Å². The molecule has 262 valence electrons. The highest BCUT2D eigenvalue weighted by Gasteiger charge is 2.45. The van der Waals surface area contributed by atoms with E-state index in [2.05, 4.69) is 10.2 Å². The standard InChI is InChI=1S/C34H43F4N5O4S/c1-3-48(46,47)25-7-8-27(29(22-25)40-17-12-33(10-11-33)13-18-40)31(44)39-24-9-16-42(30(21-24)41-19-14-34(35,36)15-20-41)28-6-4-5-26(23(28)2)32(45)43(37)38/h4-8,22,24,30H,3,9-21H2,1-2H3,(H,39,44). The number of nitrogens with zero attached hydrogens (tertiary/aromatic N) is 4. The summed E-state index contributed by atoms with van der Waals surface area (Å²) < 4.78 is 80.4. The highest BCUT2D eigenvalue weighted by atomic mass is 32.2. The molecule has 3 aliphatic heterocycles. The molecule has 1 N–H and O–H groups in total. The van der Waals surface area contributed by atoms with Crippen molar-refractivity contribution in [3.8, 4) is 0 Å². The minimum Gasteiger partial charge on any atom is -0.371 e. The molecule has 0 bridgehead atoms. The second-order valence-electron chi connectivity index (χ2n) is 13.8. The molecule has 1 saturated carbocycles. The van der Waals surface area contributed by atoms with Gasteiger partial charge in [0.15, 0.2) is 9.84 Å². The molecule has 6 rings (SSSR count). The molecule has 2 aromatic rings. The maximum Gasteiger partial charge on any atom is 0.314 e. The summed E-state index contributed by atoms with van der Waals surface area (Å²) in [5.74, 6) is -4.60. The number of amides is 2. The van der Waals surface area contributed by atoms with Crippen molar-refractivity contribution in [2.75, 3.05) is 48.3 Å². The van der Waals surface area contributed by atoms with Gasteiger partial charge < -0.3 is 15.1 Å². The van der Waals surface area contributed by atoms with E-state index in [-0.39, 0.29) is 54.1 Å². The third-order valence-corrected chi connectivity index (χ3v) is 12.7. The molecule has 3 heterocycles. The predicted octanol–water partition coefficient (Wildman–Crippen LogP) is 5.84. The van der Waals surface area contributed by atoms with Crippen molar-refractivity contribution >= 4 is 33.0 Å². The number of rotatable bonds is 8. The van der Waals surface area contributed by atoms with Crippen LogP contribution in [0.5, 0.6) is 0 Å². The van der Waals surface area contributed by atoms with Crippen molar-refractivity contribution in [2.24, 2.45) is 5.41 Å². The lowest BCUT2D eigenvalue weighted by atomic mass is 9.93. The summed E-state index contributed by atoms with van der Waals surface area (Å²) in [4.78, 5) is 32.4. The SMILES string of the molecule is CCS(=O)(=O)c1ccc(C(=O)NC2CCN(c3cccc(C(=O)N(F)F)c3C)C(N3CCC(F)(F)CC3)C2)c(N2CCC3(CC2)CC3)c1. The molecule has 1 spiro atoms. The normalized spacial score (nSPS) is 24.0. The van der Waals surface area contributed by atoms with E-state index in [9.17, 15) is 35.8 Å². The van der Waals surface area contributed by atoms with Gasteiger partial charge in [-0.3, -0.25) is 14.5 Å². The number of piperidine rings is 3. The zero-order valence-electron chi connectivity index (χ0n) is 27.4. The van der Waals surface area contributed by atoms with Crippen molar-refractivity contribution in [1.29, 1.82) is 0 Å². The van der Waals surface area contributed by atoms with Crippen LogP contribution in [-0.2, 0) is 9.84 Å². The maximum atomic E-state index is 14.2. The number of carbonyl (C=O) groups is 2. The molecule has 2 amide bonds. The number of alkyl halides is 2. The first-order chi connectivity index (χ1) is 22.7. The second-order valence-corrected chi connectivity index (χ2v) is 16.1. The third-order valence-electron chi connectivity index (χ3n) is 10.9. The highest BCUT2D eigenvalue weighted by Crippen LogP contribution is 2.54. The van der Waals surface area contributed by atoms with Gasteiger partial charge in [-0.2, -0.15) is 0 Å². The Bertz CT molecular complexity index is 1650. The number of hydrogen-bond donors (Lipinski definition) is 1. The zero-order chi connectivity index (χ0) is 34.4. The number of anilines is 2. The predicted molar refractivity (Wildman–Crippen MR) is 174 cm³/mol. The van der Waals surface area contributed by atoms with E-state index in [4.69, 9.17) is 0 Å². The number of halogens is 4. The fourth-order valence-electron chi connectivity index (χ4n) is 7.60. The summed E-state index contributed by atoms with van der Waals surface area (Å²) >= 11 is 0. The molecule has 2 aromatic carbocycles. The Labute approximate surface area is 279 Å². The van der Waals surface area contributed by atoms with Gasteiger partial charge in [-0.05, 0) is 80.3 Å². The Morgan fingerprint density at radius 2 is 1.60 bits per heavy atom. The Balaban J connectivity index is 1.26. The summed E-state index contributed by atoms with van der Waals surface area (Å²) in [6, 6.07) is 8.93. The Kier molecular flexibility index (Phi) is 9.44. The minimum absolute atomic E-state index is 0.0557. The van der Waals surface area contributed by atoms with Crippen molar-refractivity contribution in [3.63, 3.8) is 0 Å². The second kappa shape index (κ2) is 13.1. The van der Waals surface area contributed by atoms with Crippen molar-refractivity contribution in [3.05, 3.63) is 53.1 Å². The van der Waals surface area contributed by atoms with E-state index in [1.54, 1.807) is 32.0 Å². The zero-order valence-corrected chi connectivity index (χ0v) is 28.2. The van der Waals surface area contributed by atoms with E-state index < -0.39 is 33.2 Å². The number of hydrogen-bond acceptors (Lipinski definition) is 7. The Morgan fingerprint density at radius 1 is 0.917 bits per heavy atom. The van der Waals surface area contributed by atoms with E-state index >= 15 is 0 Å². The molecule has 48 heavy (non-hydrogen) atoms. The highest BCUT2D eigenvalue weighted by molar-refractivity contribution is 7.91. The van der Waals surface area contributed by atoms with Crippen LogP contribution >= 0.6 is 0 Å². The molecule has 0 aromatic heterocycles. The van der Waals surface area contributed by atoms with Crippen LogP contribution in [0, 0.1) is 12.3 Å². The van der Waals surface area contributed by atoms with Crippen LogP contribution in [0.4, 0.5) is 29.1 Å². The molecule has 4 fully saturated rings. The average Bonchev–Trinajstić information content (AvgIpc) is 3.83. The average molecular weight is 694 g/mol. The van der Waals surface area contributed by atoms with Gasteiger partial charge in [0, 0.05) is 74.6 Å². The summed E-state index contributed by atoms with van der Waals surface area (Å²) in [5, 5.41) is 1.70. The first kappa shape index (κ1) is 34.5. The van der Waals surface area contributed by atoms with Crippen LogP contribution in [0.25, 0.3) is 0 Å². The van der Waals surface area contributed by atoms with Crippen molar-refractivity contribution < 1.29 is 35.8 Å². The van der Waals surface area contributed by atoms with E-state index in [0.717, 1.165) is 25.9 Å². The fraction of sp³-hybridized carbons (Fsp3) is 0.588. The summed E-state index contributed by atoms with van der Waals surface area (Å²) in [7, 11) is -3.51. The maximum absolute atomic E-state index is 14.2. The van der Waals surface area contributed by atoms with Gasteiger partial charge in [0.25, 0.3) is 11.8 Å². The Hall–Kier alpha value is -3.39. The van der Waals surface area contributed by atoms with Crippen LogP contribution in [-0.4, -0.2) is 87.1 Å². The van der Waals surface area contributed by atoms with E-state index in [0.29, 0.717) is 47.3 Å². The van der Waals surface area contributed by atoms with Gasteiger partial charge in [0.2, 0.25) is 0 Å². The molecule has 2 atom stereocenters. The van der Waals surface area contributed by atoms with Crippen LogP contribution in [0.3, 0.4) is 0 Å². The molecule has 0 radical (unpaired) electrons. The smallest absolute Gasteiger partial charge is 0.314 e. The lowest BCUT2D eigenvalue weighted by Gasteiger charge is -2.48. The first-order valence-corrected chi connectivity index (χ1v) is 18.4. The molecule has 14 heteroatoms. The summed E-state index contributed by atoms with van der Waals surface area (Å²) in [6.45, 7) is 5.26. The lowest BCUT2D eigenvalue weighted by molar-refractivity contribution is -0.108. The quantitative estimate of drug-likeness (QED) is 0.275. The van der Waals surface area contributed by atoms with Gasteiger partial charge >= 0.3 is 5.91 Å². The van der Waals surface area contributed by atoms with Gasteiger partial charge in [-0.25, -0.2) is 17.2 Å². The van der Waals surface area contributed by atoms with Crippen LogP contribution < -0.4 is 15.1 Å². The topological polar surface area (TPSA) is 93.3 Å². The van der Waals surface area contributed by atoms with Crippen LogP contribution in [0.2, 0.25) is 0 Å². The first-order valence-electron chi connectivity index (χ1n) is 16.8. The monoisotopic (exact) mass is 693 g/mol. The number of nitrogens with one attached hydrogen (secondary N) is 1. The Morgan fingerprint density at radius 3 is 2.23 bits per heavy atom. The molecule has 4 aliphatic rings. The van der Waals surface area contributed by atoms with Gasteiger partial charge in [0.05, 0.1) is 28.1 Å². The molecule has 1 aliphatic carbocycles. The largest absolute Gasteiger partial charge is 0.371 e. The van der Waals surface area contributed by atoms with Gasteiger partial charge in [0.1, 0.15) is 0 Å². The molecular weight excluding hydrogens is 650 g/mol. The van der Waals surface area contributed by atoms with Crippen LogP contribution in [0.15, 0.2) is 41.3 Å². The van der Waals surface area contributed by atoms with Crippen molar-refractivity contribution in [2.45, 2.75) is 88.2 Å². The molecular formula is C34H43F4N5O4S. The van der Waals surface area contributed by atoms with Gasteiger partial charge in [-0.1, -0.05) is 22.0 Å². The minimum atomic E-state index is -3.51. The lowest BCUT2D eigenvalue weighted by Crippen LogP contribution is -2.59. The van der Waals surface area contributed by atoms with Crippen LogP contribution in [0.1, 0.15) is 84.6 Å². The van der Waals surface area contributed by atoms with Crippen molar-refractivity contribution in [1.82, 2.24) is 15.6 Å². The molecule has 3 saturated heterocycles. The summed E-state index contributed by atoms with van der Waals surface area (Å²) in [5.41, 5.74) is 2.13. The molecule has 9 nitrogen and oxygen atoms in total. The van der Waals surface area contributed by atoms with E-state index in [1.165, 1.54) is 31.0 Å². The van der Waals surface area contributed by atoms with Gasteiger partial charge in [-0.15, -0.1) is 0 Å². The summed E-state index contributed by atoms with van der Waals surface area (Å²) in [6.07, 6.45) is 4.17. The number of sulfone groups is 1. The number of likely N-dealkylation sites (tertiary alicyclic amines) is 1.